The monoisotopic (exact) mass is 268 g/mol. The standard InChI is InChI=1S/C14H12N4O2/c19-7-6-18-13-11(8-15-9-16-13)12(17-14(18)20)10-4-2-1-3-5-10/h1-5,8-9,19H,6-7H2. The van der Waals surface area contributed by atoms with Gasteiger partial charge in [-0.05, 0) is 0 Å². The molecular formula is C14H12N4O2. The molecule has 1 N–H and O–H groups in total. The van der Waals surface area contributed by atoms with E-state index in [2.05, 4.69) is 15.0 Å². The van der Waals surface area contributed by atoms with Crippen LogP contribution in [0.25, 0.3) is 22.3 Å². The van der Waals surface area contributed by atoms with E-state index in [0.29, 0.717) is 16.7 Å². The Bertz CT molecular complexity index is 799. The highest BCUT2D eigenvalue weighted by molar-refractivity contribution is 5.89. The second kappa shape index (κ2) is 5.18. The number of benzene rings is 1. The first-order valence-corrected chi connectivity index (χ1v) is 6.18. The van der Waals surface area contributed by atoms with Crippen LogP contribution < -0.4 is 5.69 Å². The van der Waals surface area contributed by atoms with Crippen LogP contribution in [0.15, 0.2) is 47.7 Å². The third-order valence-electron chi connectivity index (χ3n) is 3.01. The predicted octanol–water partition coefficient (Wildman–Crippen LogP) is 0.846. The third-order valence-corrected chi connectivity index (χ3v) is 3.01. The van der Waals surface area contributed by atoms with Gasteiger partial charge < -0.3 is 5.11 Å². The van der Waals surface area contributed by atoms with E-state index in [1.165, 1.54) is 10.9 Å². The molecule has 0 atom stereocenters. The van der Waals surface area contributed by atoms with Gasteiger partial charge in [-0.2, -0.15) is 4.98 Å². The number of aromatic nitrogens is 4. The van der Waals surface area contributed by atoms with Crippen LogP contribution in [0.2, 0.25) is 0 Å². The fourth-order valence-corrected chi connectivity index (χ4v) is 2.13. The predicted molar refractivity (Wildman–Crippen MR) is 74.1 cm³/mol. The highest BCUT2D eigenvalue weighted by Crippen LogP contribution is 2.22. The van der Waals surface area contributed by atoms with E-state index >= 15 is 0 Å². The van der Waals surface area contributed by atoms with Crippen LogP contribution in [0.4, 0.5) is 0 Å². The van der Waals surface area contributed by atoms with E-state index in [1.54, 1.807) is 6.20 Å². The molecule has 2 aromatic heterocycles. The molecule has 0 aliphatic heterocycles. The summed E-state index contributed by atoms with van der Waals surface area (Å²) < 4.78 is 1.35. The van der Waals surface area contributed by atoms with Crippen molar-refractivity contribution >= 4 is 11.0 Å². The fourth-order valence-electron chi connectivity index (χ4n) is 2.13. The zero-order valence-corrected chi connectivity index (χ0v) is 10.6. The molecule has 3 rings (SSSR count). The summed E-state index contributed by atoms with van der Waals surface area (Å²) >= 11 is 0. The molecule has 0 saturated carbocycles. The summed E-state index contributed by atoms with van der Waals surface area (Å²) in [5.41, 5.74) is 1.44. The molecule has 1 aromatic carbocycles. The van der Waals surface area contributed by atoms with Crippen molar-refractivity contribution in [3.05, 3.63) is 53.3 Å². The minimum atomic E-state index is -0.427. The SMILES string of the molecule is O=c1nc(-c2ccccc2)c2cncnc2n1CCO. The van der Waals surface area contributed by atoms with Gasteiger partial charge in [-0.15, -0.1) is 0 Å². The first kappa shape index (κ1) is 12.4. The van der Waals surface area contributed by atoms with Crippen LogP contribution in [0, 0.1) is 0 Å². The minimum Gasteiger partial charge on any atom is -0.395 e. The van der Waals surface area contributed by atoms with Crippen LogP contribution in [-0.2, 0) is 6.54 Å². The van der Waals surface area contributed by atoms with Gasteiger partial charge in [0.25, 0.3) is 0 Å². The molecule has 0 aliphatic carbocycles. The fraction of sp³-hybridized carbons (Fsp3) is 0.143. The Morgan fingerprint density at radius 3 is 2.75 bits per heavy atom. The van der Waals surface area contributed by atoms with Crippen molar-refractivity contribution < 1.29 is 5.11 Å². The largest absolute Gasteiger partial charge is 0.395 e. The van der Waals surface area contributed by atoms with E-state index in [9.17, 15) is 4.79 Å². The number of fused-ring (bicyclic) bond motifs is 1. The highest BCUT2D eigenvalue weighted by Gasteiger charge is 2.12. The van der Waals surface area contributed by atoms with Crippen molar-refractivity contribution in [2.24, 2.45) is 0 Å². The molecule has 0 fully saturated rings. The lowest BCUT2D eigenvalue weighted by Crippen LogP contribution is -2.26. The smallest absolute Gasteiger partial charge is 0.349 e. The first-order chi connectivity index (χ1) is 9.81. The van der Waals surface area contributed by atoms with Crippen molar-refractivity contribution in [3.63, 3.8) is 0 Å². The normalized spacial score (nSPS) is 10.8. The molecule has 0 bridgehead atoms. The van der Waals surface area contributed by atoms with Crippen molar-refractivity contribution in [3.8, 4) is 11.3 Å². The van der Waals surface area contributed by atoms with E-state index < -0.39 is 5.69 Å². The minimum absolute atomic E-state index is 0.147. The third kappa shape index (κ3) is 2.06. The molecule has 3 aromatic rings. The van der Waals surface area contributed by atoms with Gasteiger partial charge in [-0.25, -0.2) is 14.8 Å². The van der Waals surface area contributed by atoms with Crippen molar-refractivity contribution in [2.45, 2.75) is 6.54 Å². The van der Waals surface area contributed by atoms with Crippen molar-refractivity contribution in [2.75, 3.05) is 6.61 Å². The molecule has 0 unspecified atom stereocenters. The lowest BCUT2D eigenvalue weighted by molar-refractivity contribution is 0.275. The van der Waals surface area contributed by atoms with Crippen LogP contribution >= 0.6 is 0 Å². The Kier molecular flexibility index (Phi) is 3.22. The van der Waals surface area contributed by atoms with E-state index in [-0.39, 0.29) is 13.2 Å². The Hall–Kier alpha value is -2.60. The molecule has 0 aliphatic rings. The summed E-state index contributed by atoms with van der Waals surface area (Å²) in [6, 6.07) is 9.42. The maximum absolute atomic E-state index is 12.1. The van der Waals surface area contributed by atoms with E-state index in [1.807, 2.05) is 30.3 Å². The first-order valence-electron chi connectivity index (χ1n) is 6.18. The molecule has 2 heterocycles. The number of nitrogens with zero attached hydrogens (tertiary/aromatic N) is 4. The van der Waals surface area contributed by atoms with E-state index in [0.717, 1.165) is 5.56 Å². The Morgan fingerprint density at radius 2 is 2.00 bits per heavy atom. The van der Waals surface area contributed by atoms with Gasteiger partial charge in [0, 0.05) is 11.8 Å². The number of hydrogen-bond donors (Lipinski definition) is 1. The topological polar surface area (TPSA) is 80.9 Å². The molecule has 6 heteroatoms. The van der Waals surface area contributed by atoms with Crippen LogP contribution in [0.3, 0.4) is 0 Å². The molecule has 0 saturated heterocycles. The molecule has 100 valence electrons. The van der Waals surface area contributed by atoms with Gasteiger partial charge >= 0.3 is 5.69 Å². The summed E-state index contributed by atoms with van der Waals surface area (Å²) in [5, 5.41) is 9.75. The molecule has 20 heavy (non-hydrogen) atoms. The maximum Gasteiger partial charge on any atom is 0.349 e. The second-order valence-electron chi connectivity index (χ2n) is 4.24. The Morgan fingerprint density at radius 1 is 1.20 bits per heavy atom. The lowest BCUT2D eigenvalue weighted by atomic mass is 10.1. The number of aliphatic hydroxyl groups excluding tert-OH is 1. The Balaban J connectivity index is 2.35. The van der Waals surface area contributed by atoms with E-state index in [4.69, 9.17) is 5.11 Å². The van der Waals surface area contributed by atoms with Crippen LogP contribution in [0.1, 0.15) is 0 Å². The van der Waals surface area contributed by atoms with Gasteiger partial charge in [0.05, 0.1) is 24.2 Å². The average Bonchev–Trinajstić information content (AvgIpc) is 2.51. The zero-order valence-electron chi connectivity index (χ0n) is 10.6. The number of aliphatic hydroxyl groups is 1. The number of hydrogen-bond acceptors (Lipinski definition) is 5. The molecule has 6 nitrogen and oxygen atoms in total. The molecule has 0 spiro atoms. The number of rotatable bonds is 3. The van der Waals surface area contributed by atoms with Crippen LogP contribution in [0.5, 0.6) is 0 Å². The molecule has 0 amide bonds. The maximum atomic E-state index is 12.1. The second-order valence-corrected chi connectivity index (χ2v) is 4.24. The summed E-state index contributed by atoms with van der Waals surface area (Å²) in [4.78, 5) is 24.4. The highest BCUT2D eigenvalue weighted by atomic mass is 16.3. The Labute approximate surface area is 114 Å². The average molecular weight is 268 g/mol. The van der Waals surface area contributed by atoms with Crippen LogP contribution in [-0.4, -0.2) is 31.2 Å². The summed E-state index contributed by atoms with van der Waals surface area (Å²) in [7, 11) is 0. The quantitative estimate of drug-likeness (QED) is 0.761. The van der Waals surface area contributed by atoms with Gasteiger partial charge in [-0.1, -0.05) is 30.3 Å². The van der Waals surface area contributed by atoms with Gasteiger partial charge in [0.2, 0.25) is 0 Å². The summed E-state index contributed by atoms with van der Waals surface area (Å²) in [6.07, 6.45) is 3.01. The zero-order chi connectivity index (χ0) is 13.9. The summed E-state index contributed by atoms with van der Waals surface area (Å²) in [5.74, 6) is 0. The van der Waals surface area contributed by atoms with Crippen molar-refractivity contribution in [1.82, 2.24) is 19.5 Å². The van der Waals surface area contributed by atoms with Crippen molar-refractivity contribution in [1.29, 1.82) is 0 Å². The van der Waals surface area contributed by atoms with Gasteiger partial charge in [0.15, 0.2) is 0 Å². The van der Waals surface area contributed by atoms with Gasteiger partial charge in [0.1, 0.15) is 12.0 Å². The molecule has 0 radical (unpaired) electrons. The summed E-state index contributed by atoms with van der Waals surface area (Å²) in [6.45, 7) is 0.0137. The molecular weight excluding hydrogens is 256 g/mol. The lowest BCUT2D eigenvalue weighted by Gasteiger charge is -2.10. The van der Waals surface area contributed by atoms with Gasteiger partial charge in [-0.3, -0.25) is 4.57 Å².